The largest absolute Gasteiger partial charge is 0.354 e. The SMILES string of the molecule is CC(=O)c1cn(CC(=O)NCC(C)C)c2ccccc12. The van der Waals surface area contributed by atoms with Gasteiger partial charge < -0.3 is 9.88 Å². The summed E-state index contributed by atoms with van der Waals surface area (Å²) in [5, 5.41) is 3.79. The molecule has 0 bridgehead atoms. The Morgan fingerprint density at radius 2 is 1.95 bits per heavy atom. The van der Waals surface area contributed by atoms with E-state index in [0.717, 1.165) is 10.9 Å². The molecule has 0 fully saturated rings. The van der Waals surface area contributed by atoms with E-state index in [4.69, 9.17) is 0 Å². The number of ketones is 1. The number of aromatic nitrogens is 1. The molecule has 1 aromatic carbocycles. The van der Waals surface area contributed by atoms with Gasteiger partial charge in [-0.1, -0.05) is 32.0 Å². The number of amides is 1. The lowest BCUT2D eigenvalue weighted by molar-refractivity contribution is -0.121. The van der Waals surface area contributed by atoms with Crippen LogP contribution in [-0.2, 0) is 11.3 Å². The van der Waals surface area contributed by atoms with Crippen molar-refractivity contribution in [2.24, 2.45) is 5.92 Å². The minimum atomic E-state index is -0.0328. The average molecular weight is 272 g/mol. The molecule has 1 amide bonds. The summed E-state index contributed by atoms with van der Waals surface area (Å²) in [5.74, 6) is 0.408. The van der Waals surface area contributed by atoms with Gasteiger partial charge >= 0.3 is 0 Å². The maximum atomic E-state index is 11.9. The molecule has 106 valence electrons. The van der Waals surface area contributed by atoms with Crippen LogP contribution in [-0.4, -0.2) is 22.8 Å². The number of nitrogens with zero attached hydrogens (tertiary/aromatic N) is 1. The normalized spacial score (nSPS) is 11.0. The molecule has 0 spiro atoms. The molecule has 2 rings (SSSR count). The third-order valence-corrected chi connectivity index (χ3v) is 3.19. The van der Waals surface area contributed by atoms with Crippen molar-refractivity contribution in [1.82, 2.24) is 9.88 Å². The van der Waals surface area contributed by atoms with Gasteiger partial charge in [-0.3, -0.25) is 9.59 Å². The van der Waals surface area contributed by atoms with Crippen molar-refractivity contribution in [3.8, 4) is 0 Å². The molecule has 1 N–H and O–H groups in total. The molecule has 1 aromatic heterocycles. The maximum absolute atomic E-state index is 11.9. The van der Waals surface area contributed by atoms with Crippen LogP contribution in [0.15, 0.2) is 30.5 Å². The highest BCUT2D eigenvalue weighted by Crippen LogP contribution is 2.21. The fourth-order valence-corrected chi connectivity index (χ4v) is 2.19. The van der Waals surface area contributed by atoms with Gasteiger partial charge in [-0.2, -0.15) is 0 Å². The van der Waals surface area contributed by atoms with Crippen molar-refractivity contribution in [3.63, 3.8) is 0 Å². The number of para-hydroxylation sites is 1. The third kappa shape index (κ3) is 3.07. The molecule has 0 radical (unpaired) electrons. The Morgan fingerprint density at radius 1 is 1.25 bits per heavy atom. The van der Waals surface area contributed by atoms with Crippen molar-refractivity contribution < 1.29 is 9.59 Å². The number of carbonyl (C=O) groups excluding carboxylic acids is 2. The first kappa shape index (κ1) is 14.3. The van der Waals surface area contributed by atoms with E-state index in [1.54, 1.807) is 13.1 Å². The van der Waals surface area contributed by atoms with Gasteiger partial charge in [0.2, 0.25) is 5.91 Å². The zero-order chi connectivity index (χ0) is 14.7. The van der Waals surface area contributed by atoms with Crippen LogP contribution in [0, 0.1) is 5.92 Å². The number of rotatable bonds is 5. The molecule has 0 unspecified atom stereocenters. The Labute approximate surface area is 118 Å². The topological polar surface area (TPSA) is 51.1 Å². The first-order valence-electron chi connectivity index (χ1n) is 6.84. The van der Waals surface area contributed by atoms with Crippen LogP contribution in [0.25, 0.3) is 10.9 Å². The van der Waals surface area contributed by atoms with Gasteiger partial charge in [-0.25, -0.2) is 0 Å². The fraction of sp³-hybridized carbons (Fsp3) is 0.375. The summed E-state index contributed by atoms with van der Waals surface area (Å²) in [4.78, 5) is 23.6. The zero-order valence-corrected chi connectivity index (χ0v) is 12.1. The molecule has 0 aliphatic carbocycles. The van der Waals surface area contributed by atoms with Gasteiger partial charge in [0, 0.05) is 29.2 Å². The highest BCUT2D eigenvalue weighted by atomic mass is 16.2. The van der Waals surface area contributed by atoms with Crippen molar-refractivity contribution >= 4 is 22.6 Å². The molecular weight excluding hydrogens is 252 g/mol. The molecule has 2 aromatic rings. The summed E-state index contributed by atoms with van der Waals surface area (Å²) in [6.45, 7) is 6.56. The Balaban J connectivity index is 2.26. The van der Waals surface area contributed by atoms with Crippen LogP contribution < -0.4 is 5.32 Å². The number of Topliss-reactive ketones (excluding diaryl/α,β-unsaturated/α-hetero) is 1. The third-order valence-electron chi connectivity index (χ3n) is 3.19. The van der Waals surface area contributed by atoms with E-state index in [0.29, 0.717) is 18.0 Å². The van der Waals surface area contributed by atoms with Crippen LogP contribution in [0.1, 0.15) is 31.1 Å². The van der Waals surface area contributed by atoms with Crippen LogP contribution in [0.5, 0.6) is 0 Å². The quantitative estimate of drug-likeness (QED) is 0.851. The lowest BCUT2D eigenvalue weighted by Crippen LogP contribution is -2.30. The first-order chi connectivity index (χ1) is 9.49. The van der Waals surface area contributed by atoms with E-state index in [9.17, 15) is 9.59 Å². The molecule has 4 heteroatoms. The van der Waals surface area contributed by atoms with Crippen molar-refractivity contribution in [2.45, 2.75) is 27.3 Å². The molecule has 0 atom stereocenters. The van der Waals surface area contributed by atoms with Crippen molar-refractivity contribution in [3.05, 3.63) is 36.0 Å². The summed E-state index contributed by atoms with van der Waals surface area (Å²) in [5.41, 5.74) is 1.58. The molecule has 0 saturated carbocycles. The van der Waals surface area contributed by atoms with Crippen molar-refractivity contribution in [1.29, 1.82) is 0 Å². The highest BCUT2D eigenvalue weighted by Gasteiger charge is 2.13. The number of fused-ring (bicyclic) bond motifs is 1. The summed E-state index contributed by atoms with van der Waals surface area (Å²) in [6, 6.07) is 7.65. The Kier molecular flexibility index (Phi) is 4.23. The average Bonchev–Trinajstić information content (AvgIpc) is 2.76. The Hall–Kier alpha value is -2.10. The van der Waals surface area contributed by atoms with Gasteiger partial charge in [-0.05, 0) is 18.9 Å². The van der Waals surface area contributed by atoms with E-state index in [1.165, 1.54) is 0 Å². The van der Waals surface area contributed by atoms with Gasteiger partial charge in [0.25, 0.3) is 0 Å². The Morgan fingerprint density at radius 3 is 2.60 bits per heavy atom. The molecular formula is C16H20N2O2. The molecule has 0 aliphatic heterocycles. The van der Waals surface area contributed by atoms with Crippen LogP contribution in [0.2, 0.25) is 0 Å². The lowest BCUT2D eigenvalue weighted by Gasteiger charge is -2.09. The minimum Gasteiger partial charge on any atom is -0.354 e. The number of nitrogens with one attached hydrogen (secondary N) is 1. The molecule has 1 heterocycles. The second-order valence-corrected chi connectivity index (χ2v) is 5.44. The predicted molar refractivity (Wildman–Crippen MR) is 79.8 cm³/mol. The van der Waals surface area contributed by atoms with Gasteiger partial charge in [0.1, 0.15) is 6.54 Å². The van der Waals surface area contributed by atoms with E-state index >= 15 is 0 Å². The van der Waals surface area contributed by atoms with Gasteiger partial charge in [-0.15, -0.1) is 0 Å². The maximum Gasteiger partial charge on any atom is 0.239 e. The Bertz CT molecular complexity index is 641. The minimum absolute atomic E-state index is 0.0162. The van der Waals surface area contributed by atoms with E-state index in [1.807, 2.05) is 28.8 Å². The van der Waals surface area contributed by atoms with E-state index < -0.39 is 0 Å². The number of hydrogen-bond acceptors (Lipinski definition) is 2. The second kappa shape index (κ2) is 5.90. The lowest BCUT2D eigenvalue weighted by atomic mass is 10.1. The summed E-state index contributed by atoms with van der Waals surface area (Å²) < 4.78 is 1.84. The number of hydrogen-bond donors (Lipinski definition) is 1. The predicted octanol–water partition coefficient (Wildman–Crippen LogP) is 2.62. The molecule has 20 heavy (non-hydrogen) atoms. The van der Waals surface area contributed by atoms with Crippen LogP contribution >= 0.6 is 0 Å². The number of benzene rings is 1. The molecule has 0 saturated heterocycles. The second-order valence-electron chi connectivity index (χ2n) is 5.44. The van der Waals surface area contributed by atoms with Crippen LogP contribution in [0.3, 0.4) is 0 Å². The number of carbonyl (C=O) groups is 2. The van der Waals surface area contributed by atoms with Gasteiger partial charge in [0.15, 0.2) is 5.78 Å². The molecule has 0 aliphatic rings. The summed E-state index contributed by atoms with van der Waals surface area (Å²) >= 11 is 0. The van der Waals surface area contributed by atoms with Crippen molar-refractivity contribution in [2.75, 3.05) is 6.54 Å². The van der Waals surface area contributed by atoms with Crippen LogP contribution in [0.4, 0.5) is 0 Å². The zero-order valence-electron chi connectivity index (χ0n) is 12.1. The molecule has 4 nitrogen and oxygen atoms in total. The monoisotopic (exact) mass is 272 g/mol. The van der Waals surface area contributed by atoms with E-state index in [-0.39, 0.29) is 18.2 Å². The fourth-order valence-electron chi connectivity index (χ4n) is 2.19. The standard InChI is InChI=1S/C16H20N2O2/c1-11(2)8-17-16(20)10-18-9-14(12(3)19)13-6-4-5-7-15(13)18/h4-7,9,11H,8,10H2,1-3H3,(H,17,20). The summed E-state index contributed by atoms with van der Waals surface area (Å²) in [6.07, 6.45) is 1.77. The van der Waals surface area contributed by atoms with Gasteiger partial charge in [0.05, 0.1) is 0 Å². The highest BCUT2D eigenvalue weighted by molar-refractivity contribution is 6.07. The van der Waals surface area contributed by atoms with E-state index in [2.05, 4.69) is 19.2 Å². The first-order valence-corrected chi connectivity index (χ1v) is 6.84. The smallest absolute Gasteiger partial charge is 0.239 e. The summed E-state index contributed by atoms with van der Waals surface area (Å²) in [7, 11) is 0.